The van der Waals surface area contributed by atoms with Crippen LogP contribution < -0.4 is 9.48 Å². The van der Waals surface area contributed by atoms with Gasteiger partial charge in [0.05, 0.1) is 0 Å². The lowest BCUT2D eigenvalue weighted by molar-refractivity contribution is 0.164. The van der Waals surface area contributed by atoms with E-state index < -0.39 is 9.48 Å². The molecule has 0 saturated heterocycles. The van der Waals surface area contributed by atoms with Crippen molar-refractivity contribution in [2.24, 2.45) is 0 Å². The lowest BCUT2D eigenvalue weighted by atomic mass is 10.3. The highest BCUT2D eigenvalue weighted by atomic mass is 32.1. The Labute approximate surface area is 96.8 Å². The van der Waals surface area contributed by atoms with Gasteiger partial charge in [-0.2, -0.15) is 9.46 Å². The van der Waals surface area contributed by atoms with Crippen LogP contribution in [0.3, 0.4) is 0 Å². The number of benzene rings is 1. The van der Waals surface area contributed by atoms with Crippen molar-refractivity contribution in [2.75, 3.05) is 0 Å². The second-order valence-corrected chi connectivity index (χ2v) is 4.43. The Bertz CT molecular complexity index is 832. The van der Waals surface area contributed by atoms with Crippen LogP contribution in [-0.4, -0.2) is 19.9 Å². The number of aromatic nitrogens is 2. The molecule has 2 aliphatic heterocycles. The number of rotatable bonds is 0. The minimum Gasteiger partial charge on any atom is -0.428 e. The van der Waals surface area contributed by atoms with Gasteiger partial charge in [-0.3, -0.25) is 9.59 Å². The molecular weight excluding hydrogens is 244 g/mol. The van der Waals surface area contributed by atoms with Gasteiger partial charge >= 0.3 is 0 Å². The maximum Gasteiger partial charge on any atom is 0.265 e. The van der Waals surface area contributed by atoms with E-state index in [0.717, 1.165) is 0 Å². The van der Waals surface area contributed by atoms with Crippen LogP contribution in [0.25, 0.3) is 11.0 Å². The van der Waals surface area contributed by atoms with Crippen LogP contribution in [-0.2, 0) is 0 Å². The first-order valence-corrected chi connectivity index (χ1v) is 5.50. The SMILES string of the molecule is O=c1sc(=O)c2n(O)c3ccccc3n(O)c1=2. The smallest absolute Gasteiger partial charge is 0.265 e. The third-order valence-corrected chi connectivity index (χ3v) is 3.32. The summed E-state index contributed by atoms with van der Waals surface area (Å²) in [5.74, 6) is 0. The molecule has 17 heavy (non-hydrogen) atoms. The van der Waals surface area contributed by atoms with Crippen molar-refractivity contribution in [3.8, 4) is 0 Å². The Morgan fingerprint density at radius 1 is 0.882 bits per heavy atom. The molecule has 0 radical (unpaired) electrons. The zero-order valence-electron chi connectivity index (χ0n) is 8.32. The summed E-state index contributed by atoms with van der Waals surface area (Å²) in [6.07, 6.45) is 0. The van der Waals surface area contributed by atoms with E-state index in [2.05, 4.69) is 0 Å². The van der Waals surface area contributed by atoms with Gasteiger partial charge in [0.25, 0.3) is 9.48 Å². The van der Waals surface area contributed by atoms with Gasteiger partial charge < -0.3 is 10.4 Å². The van der Waals surface area contributed by atoms with E-state index in [0.29, 0.717) is 20.8 Å². The molecular formula is C10H6N2O4S. The molecule has 1 aromatic rings. The van der Waals surface area contributed by atoms with Gasteiger partial charge in [0, 0.05) is 0 Å². The summed E-state index contributed by atoms with van der Waals surface area (Å²) in [5.41, 5.74) is 0.495. The standard InChI is InChI=1S/C10H6N2O4S/c13-9-7-8(10(14)17-9)12(16)6-4-2-1-3-5(6)11(7)15/h1-4,15-16H. The van der Waals surface area contributed by atoms with Crippen molar-refractivity contribution < 1.29 is 10.4 Å². The van der Waals surface area contributed by atoms with Gasteiger partial charge in [0.15, 0.2) is 10.7 Å². The second kappa shape index (κ2) is 3.11. The summed E-state index contributed by atoms with van der Waals surface area (Å²) < 4.78 is 0.108. The molecule has 0 fully saturated rings. The molecule has 0 unspecified atom stereocenters. The molecule has 2 aliphatic rings. The van der Waals surface area contributed by atoms with Crippen molar-refractivity contribution in [3.63, 3.8) is 0 Å². The first-order chi connectivity index (χ1) is 8.11. The second-order valence-electron chi connectivity index (χ2n) is 3.49. The van der Waals surface area contributed by atoms with Gasteiger partial charge in [-0.25, -0.2) is 0 Å². The molecule has 0 amide bonds. The van der Waals surface area contributed by atoms with Crippen LogP contribution in [0.5, 0.6) is 0 Å². The van der Waals surface area contributed by atoms with Crippen LogP contribution in [0.15, 0.2) is 33.9 Å². The van der Waals surface area contributed by atoms with Crippen molar-refractivity contribution in [3.05, 3.63) is 54.0 Å². The Kier molecular flexibility index (Phi) is 1.81. The molecule has 0 atom stereocenters. The number of fused-ring (bicyclic) bond motifs is 1. The predicted molar refractivity (Wildman–Crippen MR) is 60.0 cm³/mol. The lowest BCUT2D eigenvalue weighted by Gasteiger charge is -2.07. The largest absolute Gasteiger partial charge is 0.428 e. The van der Waals surface area contributed by atoms with Crippen LogP contribution in [0.4, 0.5) is 0 Å². The van der Waals surface area contributed by atoms with Gasteiger partial charge in [-0.05, 0) is 23.5 Å². The van der Waals surface area contributed by atoms with E-state index >= 15 is 0 Å². The van der Waals surface area contributed by atoms with Crippen molar-refractivity contribution >= 4 is 22.4 Å². The highest BCUT2D eigenvalue weighted by molar-refractivity contribution is 7.06. The highest BCUT2D eigenvalue weighted by Gasteiger charge is 2.14. The minimum absolute atomic E-state index is 0.207. The maximum absolute atomic E-state index is 11.5. The normalized spacial score (nSPS) is 11.3. The fraction of sp³-hybridized carbons (Fsp3) is 0. The summed E-state index contributed by atoms with van der Waals surface area (Å²) in [4.78, 5) is 23.1. The van der Waals surface area contributed by atoms with Crippen molar-refractivity contribution in [1.29, 1.82) is 0 Å². The maximum atomic E-state index is 11.5. The van der Waals surface area contributed by atoms with Crippen molar-refractivity contribution in [1.82, 2.24) is 9.46 Å². The van der Waals surface area contributed by atoms with E-state index in [9.17, 15) is 20.0 Å². The zero-order valence-corrected chi connectivity index (χ0v) is 9.14. The van der Waals surface area contributed by atoms with Crippen LogP contribution in [0.1, 0.15) is 0 Å². The van der Waals surface area contributed by atoms with E-state index in [-0.39, 0.29) is 21.7 Å². The molecule has 2 N–H and O–H groups in total. The average molecular weight is 250 g/mol. The summed E-state index contributed by atoms with van der Waals surface area (Å²) in [6.45, 7) is 0. The molecule has 2 heterocycles. The molecule has 7 heteroatoms. The number of nitrogens with zero attached hydrogens (tertiary/aromatic N) is 2. The summed E-state index contributed by atoms with van der Waals surface area (Å²) in [7, 11) is 0. The van der Waals surface area contributed by atoms with E-state index in [1.807, 2.05) is 0 Å². The van der Waals surface area contributed by atoms with Gasteiger partial charge in [-0.15, -0.1) is 0 Å². The van der Waals surface area contributed by atoms with Crippen LogP contribution >= 0.6 is 11.3 Å². The topological polar surface area (TPSA) is 84.5 Å². The van der Waals surface area contributed by atoms with Gasteiger partial charge in [-0.1, -0.05) is 12.1 Å². The monoisotopic (exact) mass is 250 g/mol. The summed E-state index contributed by atoms with van der Waals surface area (Å²) >= 11 is 0.449. The molecule has 0 bridgehead atoms. The third kappa shape index (κ3) is 1.14. The number of hydrogen-bond acceptors (Lipinski definition) is 5. The van der Waals surface area contributed by atoms with Crippen LogP contribution in [0, 0.1) is 10.7 Å². The molecule has 0 spiro atoms. The Hall–Kier alpha value is -2.28. The average Bonchev–Trinajstić information content (AvgIpc) is 2.62. The van der Waals surface area contributed by atoms with Crippen molar-refractivity contribution in [2.45, 2.75) is 0 Å². The van der Waals surface area contributed by atoms with Crippen LogP contribution in [0.2, 0.25) is 0 Å². The van der Waals surface area contributed by atoms with Gasteiger partial charge in [0.1, 0.15) is 11.0 Å². The van der Waals surface area contributed by atoms with E-state index in [4.69, 9.17) is 0 Å². The Morgan fingerprint density at radius 3 is 1.71 bits per heavy atom. The summed E-state index contributed by atoms with van der Waals surface area (Å²) in [5, 5.41) is 19.4. The molecule has 6 nitrogen and oxygen atoms in total. The lowest BCUT2D eigenvalue weighted by Crippen LogP contribution is -2.13. The quantitative estimate of drug-likeness (QED) is 0.566. The number of hydrogen-bond donors (Lipinski definition) is 2. The molecule has 0 aromatic heterocycles. The fourth-order valence-electron chi connectivity index (χ4n) is 1.81. The van der Waals surface area contributed by atoms with Gasteiger partial charge in [0.2, 0.25) is 0 Å². The first kappa shape index (κ1) is 9.91. The minimum atomic E-state index is -0.582. The Balaban J connectivity index is 2.89. The molecule has 0 saturated carbocycles. The van der Waals surface area contributed by atoms with E-state index in [1.54, 1.807) is 12.1 Å². The first-order valence-electron chi connectivity index (χ1n) is 4.69. The summed E-state index contributed by atoms with van der Waals surface area (Å²) in [6, 6.07) is 6.36. The third-order valence-electron chi connectivity index (χ3n) is 2.56. The molecule has 1 aromatic carbocycles. The highest BCUT2D eigenvalue weighted by Crippen LogP contribution is 2.12. The number of para-hydroxylation sites is 2. The predicted octanol–water partition coefficient (Wildman–Crippen LogP) is 0.424. The molecule has 0 aliphatic carbocycles. The molecule has 3 rings (SSSR count). The fourth-order valence-corrected chi connectivity index (χ4v) is 2.54. The van der Waals surface area contributed by atoms with E-state index in [1.165, 1.54) is 12.1 Å². The zero-order chi connectivity index (χ0) is 12.2. The Morgan fingerprint density at radius 2 is 1.29 bits per heavy atom. The molecule has 86 valence electrons.